The van der Waals surface area contributed by atoms with Gasteiger partial charge < -0.3 is 10.6 Å². The summed E-state index contributed by atoms with van der Waals surface area (Å²) in [6, 6.07) is 11.5. The number of aryl methyl sites for hydroxylation is 1. The molecule has 1 aromatic heterocycles. The van der Waals surface area contributed by atoms with E-state index >= 15 is 0 Å². The molecule has 2 aromatic rings. The monoisotopic (exact) mass is 283 g/mol. The van der Waals surface area contributed by atoms with Crippen LogP contribution in [-0.2, 0) is 6.42 Å². The first kappa shape index (κ1) is 15.0. The molecular formula is C17H21N3O. The van der Waals surface area contributed by atoms with Crippen LogP contribution < -0.4 is 10.6 Å². The maximum atomic E-state index is 12.2. The largest absolute Gasteiger partial charge is 0.385 e. The van der Waals surface area contributed by atoms with Crippen molar-refractivity contribution in [3.05, 3.63) is 53.9 Å². The van der Waals surface area contributed by atoms with Crippen molar-refractivity contribution in [1.82, 2.24) is 4.98 Å². The summed E-state index contributed by atoms with van der Waals surface area (Å²) in [5.74, 6) is -0.191. The van der Waals surface area contributed by atoms with E-state index in [4.69, 9.17) is 0 Å². The quantitative estimate of drug-likeness (QED) is 0.849. The molecule has 2 rings (SSSR count). The summed E-state index contributed by atoms with van der Waals surface area (Å²) in [5, 5.41) is 6.14. The number of nitrogens with one attached hydrogen (secondary N) is 2. The summed E-state index contributed by atoms with van der Waals surface area (Å²) < 4.78 is 0. The number of pyridine rings is 1. The third-order valence-electron chi connectivity index (χ3n) is 3.16. The van der Waals surface area contributed by atoms with Crippen LogP contribution in [0.15, 0.2) is 42.6 Å². The maximum absolute atomic E-state index is 12.2. The lowest BCUT2D eigenvalue weighted by atomic mass is 10.1. The van der Waals surface area contributed by atoms with Crippen LogP contribution in [0.4, 0.5) is 11.4 Å². The Morgan fingerprint density at radius 1 is 1.14 bits per heavy atom. The number of carbonyl (C=O) groups is 1. The van der Waals surface area contributed by atoms with Crippen molar-refractivity contribution < 1.29 is 4.79 Å². The van der Waals surface area contributed by atoms with Gasteiger partial charge in [-0.2, -0.15) is 0 Å². The molecule has 0 fully saturated rings. The predicted molar refractivity (Wildman–Crippen MR) is 86.8 cm³/mol. The van der Waals surface area contributed by atoms with Gasteiger partial charge in [0.2, 0.25) is 0 Å². The molecule has 0 aliphatic heterocycles. The van der Waals surface area contributed by atoms with Crippen molar-refractivity contribution in [2.75, 3.05) is 17.2 Å². The molecule has 0 aliphatic rings. The molecule has 0 aliphatic carbocycles. The third-order valence-corrected chi connectivity index (χ3v) is 3.16. The van der Waals surface area contributed by atoms with Gasteiger partial charge in [0, 0.05) is 24.1 Å². The molecule has 0 atom stereocenters. The van der Waals surface area contributed by atoms with Crippen LogP contribution in [0.2, 0.25) is 0 Å². The zero-order chi connectivity index (χ0) is 15.1. The van der Waals surface area contributed by atoms with Gasteiger partial charge in [0.15, 0.2) is 0 Å². The molecule has 4 heteroatoms. The molecule has 21 heavy (non-hydrogen) atoms. The lowest BCUT2D eigenvalue weighted by Crippen LogP contribution is -2.14. The Kier molecular flexibility index (Phi) is 5.32. The maximum Gasteiger partial charge on any atom is 0.274 e. The minimum Gasteiger partial charge on any atom is -0.385 e. The fourth-order valence-corrected chi connectivity index (χ4v) is 2.00. The van der Waals surface area contributed by atoms with Gasteiger partial charge in [-0.3, -0.25) is 9.78 Å². The summed E-state index contributed by atoms with van der Waals surface area (Å²) in [6.45, 7) is 5.07. The molecule has 1 heterocycles. The molecule has 0 saturated carbocycles. The SMILES string of the molecule is CCCNc1ccnc(C(=O)Nc2cccc(CC)c2)c1. The molecule has 4 nitrogen and oxygen atoms in total. The first-order valence-corrected chi connectivity index (χ1v) is 7.33. The van der Waals surface area contributed by atoms with Crippen molar-refractivity contribution in [2.24, 2.45) is 0 Å². The second-order valence-corrected chi connectivity index (χ2v) is 4.86. The van der Waals surface area contributed by atoms with Gasteiger partial charge in [-0.15, -0.1) is 0 Å². The highest BCUT2D eigenvalue weighted by molar-refractivity contribution is 6.03. The summed E-state index contributed by atoms with van der Waals surface area (Å²) in [6.07, 6.45) is 3.63. The Bertz CT molecular complexity index is 610. The van der Waals surface area contributed by atoms with E-state index < -0.39 is 0 Å². The Labute approximate surface area is 125 Å². The van der Waals surface area contributed by atoms with Crippen LogP contribution in [0, 0.1) is 0 Å². The first-order chi connectivity index (χ1) is 10.2. The summed E-state index contributed by atoms with van der Waals surface area (Å²) in [7, 11) is 0. The van der Waals surface area contributed by atoms with E-state index in [1.165, 1.54) is 5.56 Å². The number of nitrogens with zero attached hydrogens (tertiary/aromatic N) is 1. The average Bonchev–Trinajstić information content (AvgIpc) is 2.53. The van der Waals surface area contributed by atoms with Crippen molar-refractivity contribution >= 4 is 17.3 Å². The highest BCUT2D eigenvalue weighted by Gasteiger charge is 2.08. The molecular weight excluding hydrogens is 262 g/mol. The van der Waals surface area contributed by atoms with Crippen molar-refractivity contribution in [3.63, 3.8) is 0 Å². The van der Waals surface area contributed by atoms with Crippen LogP contribution in [0.3, 0.4) is 0 Å². The number of aromatic nitrogens is 1. The number of carbonyl (C=O) groups excluding carboxylic acids is 1. The smallest absolute Gasteiger partial charge is 0.274 e. The molecule has 1 amide bonds. The lowest BCUT2D eigenvalue weighted by Gasteiger charge is -2.08. The van der Waals surface area contributed by atoms with Crippen molar-refractivity contribution in [1.29, 1.82) is 0 Å². The summed E-state index contributed by atoms with van der Waals surface area (Å²) in [5.41, 5.74) is 3.32. The zero-order valence-electron chi connectivity index (χ0n) is 12.5. The summed E-state index contributed by atoms with van der Waals surface area (Å²) in [4.78, 5) is 16.4. The lowest BCUT2D eigenvalue weighted by molar-refractivity contribution is 0.102. The number of hydrogen-bond acceptors (Lipinski definition) is 3. The number of hydrogen-bond donors (Lipinski definition) is 2. The number of anilines is 2. The Morgan fingerprint density at radius 3 is 2.76 bits per heavy atom. The fourth-order valence-electron chi connectivity index (χ4n) is 2.00. The van der Waals surface area contributed by atoms with Gasteiger partial charge in [-0.25, -0.2) is 0 Å². The molecule has 0 unspecified atom stereocenters. The molecule has 0 bridgehead atoms. The van der Waals surface area contributed by atoms with E-state index in [0.29, 0.717) is 5.69 Å². The second kappa shape index (κ2) is 7.43. The van der Waals surface area contributed by atoms with Crippen LogP contribution in [0.5, 0.6) is 0 Å². The van der Waals surface area contributed by atoms with Gasteiger partial charge in [-0.1, -0.05) is 26.0 Å². The van der Waals surface area contributed by atoms with Gasteiger partial charge in [-0.05, 0) is 42.7 Å². The normalized spacial score (nSPS) is 10.2. The van der Waals surface area contributed by atoms with Gasteiger partial charge >= 0.3 is 0 Å². The summed E-state index contributed by atoms with van der Waals surface area (Å²) >= 11 is 0. The predicted octanol–water partition coefficient (Wildman–Crippen LogP) is 3.72. The Morgan fingerprint density at radius 2 is 2.00 bits per heavy atom. The fraction of sp³-hybridized carbons (Fsp3) is 0.294. The molecule has 0 radical (unpaired) electrons. The number of benzene rings is 1. The van der Waals surface area contributed by atoms with E-state index in [1.54, 1.807) is 12.3 Å². The van der Waals surface area contributed by atoms with E-state index in [1.807, 2.05) is 30.3 Å². The second-order valence-electron chi connectivity index (χ2n) is 4.86. The van der Waals surface area contributed by atoms with Crippen molar-refractivity contribution in [2.45, 2.75) is 26.7 Å². The first-order valence-electron chi connectivity index (χ1n) is 7.33. The standard InChI is InChI=1S/C17H21N3O/c1-3-9-18-14-8-10-19-16(12-14)17(21)20-15-7-5-6-13(4-2)11-15/h5-8,10-12H,3-4,9H2,1-2H3,(H,18,19)(H,20,21). The molecule has 110 valence electrons. The third kappa shape index (κ3) is 4.31. The van der Waals surface area contributed by atoms with E-state index in [2.05, 4.69) is 29.5 Å². The molecule has 1 aromatic carbocycles. The van der Waals surface area contributed by atoms with Crippen LogP contribution in [0.1, 0.15) is 36.3 Å². The van der Waals surface area contributed by atoms with E-state index in [9.17, 15) is 4.79 Å². The van der Waals surface area contributed by atoms with E-state index in [0.717, 1.165) is 30.8 Å². The highest BCUT2D eigenvalue weighted by atomic mass is 16.1. The van der Waals surface area contributed by atoms with E-state index in [-0.39, 0.29) is 5.91 Å². The Balaban J connectivity index is 2.08. The van der Waals surface area contributed by atoms with Gasteiger partial charge in [0.05, 0.1) is 0 Å². The minimum absolute atomic E-state index is 0.191. The van der Waals surface area contributed by atoms with Gasteiger partial charge in [0.25, 0.3) is 5.91 Å². The van der Waals surface area contributed by atoms with Crippen LogP contribution in [-0.4, -0.2) is 17.4 Å². The van der Waals surface area contributed by atoms with Crippen LogP contribution >= 0.6 is 0 Å². The molecule has 0 saturated heterocycles. The number of rotatable bonds is 6. The topological polar surface area (TPSA) is 54.0 Å². The Hall–Kier alpha value is -2.36. The van der Waals surface area contributed by atoms with Crippen molar-refractivity contribution in [3.8, 4) is 0 Å². The zero-order valence-corrected chi connectivity index (χ0v) is 12.5. The molecule has 2 N–H and O–H groups in total. The van der Waals surface area contributed by atoms with Crippen LogP contribution in [0.25, 0.3) is 0 Å². The molecule has 0 spiro atoms. The number of amides is 1. The minimum atomic E-state index is -0.191. The highest BCUT2D eigenvalue weighted by Crippen LogP contribution is 2.14. The average molecular weight is 283 g/mol. The van der Waals surface area contributed by atoms with Gasteiger partial charge in [0.1, 0.15) is 5.69 Å².